The van der Waals surface area contributed by atoms with E-state index >= 15 is 0 Å². The van der Waals surface area contributed by atoms with Crippen molar-refractivity contribution >= 4 is 0 Å². The molecule has 1 heteroatoms. The molecule has 0 heterocycles. The molecule has 0 amide bonds. The third-order valence-corrected chi connectivity index (χ3v) is 2.66. The number of aliphatic hydroxyl groups is 1. The quantitative estimate of drug-likeness (QED) is 0.579. The molecule has 1 fully saturated rings. The summed E-state index contributed by atoms with van der Waals surface area (Å²) < 4.78 is 0. The molecule has 2 unspecified atom stereocenters. The minimum atomic E-state index is -0.198. The Morgan fingerprint density at radius 3 is 3.00 bits per heavy atom. The van der Waals surface area contributed by atoms with Crippen molar-refractivity contribution in [2.75, 3.05) is 0 Å². The Labute approximate surface area is 73.1 Å². The van der Waals surface area contributed by atoms with Crippen LogP contribution in [0.2, 0.25) is 0 Å². The lowest BCUT2D eigenvalue weighted by atomic mass is 9.82. The van der Waals surface area contributed by atoms with Crippen LogP contribution in [0.4, 0.5) is 0 Å². The molecule has 1 saturated carbocycles. The van der Waals surface area contributed by atoms with E-state index in [1.807, 2.05) is 12.2 Å². The highest BCUT2D eigenvalue weighted by molar-refractivity contribution is 5.29. The summed E-state index contributed by atoms with van der Waals surface area (Å²) in [6, 6.07) is 0. The van der Waals surface area contributed by atoms with Crippen LogP contribution < -0.4 is 0 Å². The second-order valence-electron chi connectivity index (χ2n) is 3.49. The van der Waals surface area contributed by atoms with Crippen LogP contribution in [0.25, 0.3) is 0 Å². The lowest BCUT2D eigenvalue weighted by molar-refractivity contribution is 0.168. The van der Waals surface area contributed by atoms with E-state index in [-0.39, 0.29) is 6.10 Å². The Balaban J connectivity index is 2.26. The lowest BCUT2D eigenvalue weighted by Crippen LogP contribution is -2.21. The molecule has 1 nitrogen and oxygen atoms in total. The molecule has 2 aliphatic rings. The largest absolute Gasteiger partial charge is 0.389 e. The highest BCUT2D eigenvalue weighted by atomic mass is 16.3. The summed E-state index contributed by atoms with van der Waals surface area (Å²) in [5.41, 5.74) is 1.20. The maximum atomic E-state index is 9.69. The Morgan fingerprint density at radius 1 is 1.17 bits per heavy atom. The number of hydrogen-bond donors (Lipinski definition) is 1. The molecule has 2 rings (SSSR count). The first-order chi connectivity index (χ1) is 5.88. The van der Waals surface area contributed by atoms with Crippen LogP contribution in [0.5, 0.6) is 0 Å². The summed E-state index contributed by atoms with van der Waals surface area (Å²) in [4.78, 5) is 0. The van der Waals surface area contributed by atoms with Crippen LogP contribution in [0.15, 0.2) is 36.0 Å². The van der Waals surface area contributed by atoms with Gasteiger partial charge in [-0.15, -0.1) is 0 Å². The predicted molar refractivity (Wildman–Crippen MR) is 49.7 cm³/mol. The van der Waals surface area contributed by atoms with Gasteiger partial charge in [0.25, 0.3) is 0 Å². The van der Waals surface area contributed by atoms with Crippen molar-refractivity contribution in [3.63, 3.8) is 0 Å². The summed E-state index contributed by atoms with van der Waals surface area (Å²) in [6.07, 6.45) is 13.5. The van der Waals surface area contributed by atoms with E-state index in [0.29, 0.717) is 5.92 Å². The summed E-state index contributed by atoms with van der Waals surface area (Å²) in [5.74, 6) is 0.490. The van der Waals surface area contributed by atoms with Crippen molar-refractivity contribution in [3.05, 3.63) is 36.0 Å². The van der Waals surface area contributed by atoms with Gasteiger partial charge in [0, 0.05) is 5.92 Å². The topological polar surface area (TPSA) is 20.2 Å². The minimum absolute atomic E-state index is 0.198. The Bertz CT molecular complexity index is 248. The fraction of sp³-hybridized carbons (Fsp3) is 0.455. The van der Waals surface area contributed by atoms with Crippen molar-refractivity contribution in [2.45, 2.75) is 25.4 Å². The first-order valence-corrected chi connectivity index (χ1v) is 4.61. The van der Waals surface area contributed by atoms with E-state index < -0.39 is 0 Å². The minimum Gasteiger partial charge on any atom is -0.389 e. The van der Waals surface area contributed by atoms with Gasteiger partial charge in [-0.05, 0) is 24.8 Å². The Hall–Kier alpha value is -0.820. The molecular formula is C11H14O. The van der Waals surface area contributed by atoms with Crippen molar-refractivity contribution in [2.24, 2.45) is 5.92 Å². The second-order valence-corrected chi connectivity index (χ2v) is 3.49. The van der Waals surface area contributed by atoms with E-state index in [2.05, 4.69) is 18.2 Å². The molecule has 64 valence electrons. The van der Waals surface area contributed by atoms with Gasteiger partial charge in [0.1, 0.15) is 0 Å². The number of hydrogen-bond acceptors (Lipinski definition) is 1. The number of allylic oxidation sites excluding steroid dienone is 5. The highest BCUT2D eigenvalue weighted by Crippen LogP contribution is 2.31. The maximum Gasteiger partial charge on any atom is 0.0758 e. The molecule has 0 aliphatic heterocycles. The molecule has 2 atom stereocenters. The van der Waals surface area contributed by atoms with Gasteiger partial charge in [-0.25, -0.2) is 0 Å². The predicted octanol–water partition coefficient (Wildman–Crippen LogP) is 2.20. The molecule has 2 aliphatic carbocycles. The summed E-state index contributed by atoms with van der Waals surface area (Å²) in [6.45, 7) is 0. The summed E-state index contributed by atoms with van der Waals surface area (Å²) >= 11 is 0. The van der Waals surface area contributed by atoms with E-state index in [1.165, 1.54) is 12.0 Å². The lowest BCUT2D eigenvalue weighted by Gasteiger charge is -2.26. The molecule has 1 N–H and O–H groups in total. The van der Waals surface area contributed by atoms with E-state index in [0.717, 1.165) is 12.8 Å². The van der Waals surface area contributed by atoms with E-state index in [9.17, 15) is 5.11 Å². The third-order valence-electron chi connectivity index (χ3n) is 2.66. The Kier molecular flexibility index (Phi) is 2.13. The molecule has 0 radical (unpaired) electrons. The monoisotopic (exact) mass is 162 g/mol. The fourth-order valence-corrected chi connectivity index (χ4v) is 1.98. The zero-order valence-corrected chi connectivity index (χ0v) is 7.11. The smallest absolute Gasteiger partial charge is 0.0758 e. The fourth-order valence-electron chi connectivity index (χ4n) is 1.98. The highest BCUT2D eigenvalue weighted by Gasteiger charge is 2.23. The molecule has 0 spiro atoms. The second kappa shape index (κ2) is 3.28. The van der Waals surface area contributed by atoms with Gasteiger partial charge in [0.2, 0.25) is 0 Å². The third kappa shape index (κ3) is 1.37. The van der Waals surface area contributed by atoms with Gasteiger partial charge in [0.05, 0.1) is 6.10 Å². The zero-order chi connectivity index (χ0) is 8.39. The molecule has 0 aromatic carbocycles. The van der Waals surface area contributed by atoms with Gasteiger partial charge in [-0.1, -0.05) is 30.4 Å². The van der Waals surface area contributed by atoms with Crippen LogP contribution in [0.3, 0.4) is 0 Å². The molecule has 0 saturated heterocycles. The van der Waals surface area contributed by atoms with E-state index in [4.69, 9.17) is 0 Å². The standard InChI is InChI=1S/C11H14O/c12-11-8-4-6-9-5-2-1-3-7-10(9)11/h1-3,5,7,9,11-12H,4,6,8H2. The van der Waals surface area contributed by atoms with Gasteiger partial charge < -0.3 is 5.11 Å². The van der Waals surface area contributed by atoms with Crippen LogP contribution >= 0.6 is 0 Å². The van der Waals surface area contributed by atoms with Crippen molar-refractivity contribution in [3.8, 4) is 0 Å². The van der Waals surface area contributed by atoms with Gasteiger partial charge in [-0.2, -0.15) is 0 Å². The normalized spacial score (nSPS) is 33.9. The molecule has 0 aromatic rings. The van der Waals surface area contributed by atoms with Crippen LogP contribution in [0.1, 0.15) is 19.3 Å². The zero-order valence-electron chi connectivity index (χ0n) is 7.11. The molecule has 0 aromatic heterocycles. The molecule has 12 heavy (non-hydrogen) atoms. The van der Waals surface area contributed by atoms with Crippen LogP contribution in [-0.4, -0.2) is 11.2 Å². The number of aliphatic hydroxyl groups excluding tert-OH is 1. The van der Waals surface area contributed by atoms with Crippen molar-refractivity contribution in [1.29, 1.82) is 0 Å². The van der Waals surface area contributed by atoms with Gasteiger partial charge in [-0.3, -0.25) is 0 Å². The summed E-state index contributed by atoms with van der Waals surface area (Å²) in [7, 11) is 0. The number of rotatable bonds is 0. The average Bonchev–Trinajstić information content (AvgIpc) is 2.30. The average molecular weight is 162 g/mol. The SMILES string of the molecule is OC1CCCC2C=CC=CC=C12. The molecule has 0 bridgehead atoms. The number of fused-ring (bicyclic) bond motifs is 1. The van der Waals surface area contributed by atoms with E-state index in [1.54, 1.807) is 0 Å². The van der Waals surface area contributed by atoms with Crippen LogP contribution in [0, 0.1) is 5.92 Å². The first kappa shape index (κ1) is 7.81. The van der Waals surface area contributed by atoms with Gasteiger partial charge >= 0.3 is 0 Å². The Morgan fingerprint density at radius 2 is 2.08 bits per heavy atom. The van der Waals surface area contributed by atoms with Gasteiger partial charge in [0.15, 0.2) is 0 Å². The van der Waals surface area contributed by atoms with Crippen molar-refractivity contribution in [1.82, 2.24) is 0 Å². The molecular weight excluding hydrogens is 148 g/mol. The first-order valence-electron chi connectivity index (χ1n) is 4.61. The summed E-state index contributed by atoms with van der Waals surface area (Å²) in [5, 5.41) is 9.69. The van der Waals surface area contributed by atoms with Crippen LogP contribution in [-0.2, 0) is 0 Å². The van der Waals surface area contributed by atoms with Crippen molar-refractivity contribution < 1.29 is 5.11 Å². The maximum absolute atomic E-state index is 9.69.